The largest absolute Gasteiger partial charge is 0.455 e. The summed E-state index contributed by atoms with van der Waals surface area (Å²) in [6.45, 7) is 0. The summed E-state index contributed by atoms with van der Waals surface area (Å²) in [6, 6.07) is 63.9. The second kappa shape index (κ2) is 11.9. The molecule has 0 fully saturated rings. The van der Waals surface area contributed by atoms with Gasteiger partial charge < -0.3 is 8.98 Å². The van der Waals surface area contributed by atoms with E-state index in [9.17, 15) is 0 Å². The van der Waals surface area contributed by atoms with Gasteiger partial charge in [0.1, 0.15) is 11.2 Å². The molecule has 3 aromatic heterocycles. The minimum absolute atomic E-state index is 0.599. The molecule has 0 amide bonds. The van der Waals surface area contributed by atoms with Crippen molar-refractivity contribution in [2.24, 2.45) is 0 Å². The number of fused-ring (bicyclic) bond motifs is 11. The van der Waals surface area contributed by atoms with Gasteiger partial charge in [-0.25, -0.2) is 15.0 Å². The molecule has 0 N–H and O–H groups in total. The molecular formula is C51H30N4O. The Kier molecular flexibility index (Phi) is 6.56. The Morgan fingerprint density at radius 1 is 0.357 bits per heavy atom. The zero-order chi connectivity index (χ0) is 36.7. The average Bonchev–Trinajstić information content (AvgIpc) is 3.82. The van der Waals surface area contributed by atoms with Gasteiger partial charge in [0.05, 0.1) is 16.7 Å². The lowest BCUT2D eigenvalue weighted by Crippen LogP contribution is -2.00. The van der Waals surface area contributed by atoms with Gasteiger partial charge in [0, 0.05) is 49.0 Å². The maximum Gasteiger partial charge on any atom is 0.164 e. The van der Waals surface area contributed by atoms with Crippen molar-refractivity contribution in [2.75, 3.05) is 0 Å². The van der Waals surface area contributed by atoms with Crippen LogP contribution >= 0.6 is 0 Å². The summed E-state index contributed by atoms with van der Waals surface area (Å²) < 4.78 is 9.15. The Morgan fingerprint density at radius 2 is 0.964 bits per heavy atom. The van der Waals surface area contributed by atoms with E-state index in [0.29, 0.717) is 17.5 Å². The molecule has 0 radical (unpaired) electrons. The Hall–Kier alpha value is -7.63. The Balaban J connectivity index is 1.15. The highest BCUT2D eigenvalue weighted by Crippen LogP contribution is 2.43. The van der Waals surface area contributed by atoms with E-state index in [4.69, 9.17) is 19.4 Å². The quantitative estimate of drug-likeness (QED) is 0.182. The zero-order valence-electron chi connectivity index (χ0n) is 30.0. The number of aromatic nitrogens is 4. The van der Waals surface area contributed by atoms with Crippen LogP contribution in [0.5, 0.6) is 0 Å². The van der Waals surface area contributed by atoms with Crippen LogP contribution in [0.4, 0.5) is 0 Å². The predicted octanol–water partition coefficient (Wildman–Crippen LogP) is 13.3. The topological polar surface area (TPSA) is 56.7 Å². The second-order valence-corrected chi connectivity index (χ2v) is 14.4. The van der Waals surface area contributed by atoms with Crippen molar-refractivity contribution in [3.63, 3.8) is 0 Å². The molecule has 56 heavy (non-hydrogen) atoms. The highest BCUT2D eigenvalue weighted by atomic mass is 16.3. The van der Waals surface area contributed by atoms with Crippen molar-refractivity contribution in [1.82, 2.24) is 19.5 Å². The molecule has 0 atom stereocenters. The van der Waals surface area contributed by atoms with Crippen molar-refractivity contribution in [3.05, 3.63) is 182 Å². The maximum absolute atomic E-state index is 6.73. The molecule has 0 bridgehead atoms. The summed E-state index contributed by atoms with van der Waals surface area (Å²) >= 11 is 0. The second-order valence-electron chi connectivity index (χ2n) is 14.4. The zero-order valence-corrected chi connectivity index (χ0v) is 30.0. The summed E-state index contributed by atoms with van der Waals surface area (Å²) in [5.41, 5.74) is 7.84. The summed E-state index contributed by atoms with van der Waals surface area (Å²) in [4.78, 5) is 15.3. The summed E-state index contributed by atoms with van der Waals surface area (Å²) in [7, 11) is 0. The van der Waals surface area contributed by atoms with E-state index in [0.717, 1.165) is 71.5 Å². The van der Waals surface area contributed by atoms with Crippen molar-refractivity contribution >= 4 is 76.1 Å². The minimum atomic E-state index is 0.599. The molecule has 0 aliphatic rings. The highest BCUT2D eigenvalue weighted by Gasteiger charge is 2.21. The number of hydrogen-bond acceptors (Lipinski definition) is 4. The van der Waals surface area contributed by atoms with Gasteiger partial charge in [-0.2, -0.15) is 0 Å². The van der Waals surface area contributed by atoms with Gasteiger partial charge in [0.25, 0.3) is 0 Å². The third-order valence-corrected chi connectivity index (χ3v) is 11.2. The van der Waals surface area contributed by atoms with Crippen LogP contribution in [0.1, 0.15) is 0 Å². The molecule has 9 aromatic carbocycles. The number of hydrogen-bond donors (Lipinski definition) is 0. The van der Waals surface area contributed by atoms with Crippen LogP contribution < -0.4 is 0 Å². The first kappa shape index (κ1) is 30.8. The predicted molar refractivity (Wildman–Crippen MR) is 230 cm³/mol. The lowest BCUT2D eigenvalue weighted by atomic mass is 10.0. The third kappa shape index (κ3) is 4.64. The number of para-hydroxylation sites is 2. The van der Waals surface area contributed by atoms with Crippen LogP contribution in [0.2, 0.25) is 0 Å². The molecule has 5 heteroatoms. The summed E-state index contributed by atoms with van der Waals surface area (Å²) in [5, 5.41) is 11.5. The smallest absolute Gasteiger partial charge is 0.164 e. The first-order valence-electron chi connectivity index (χ1n) is 18.9. The fraction of sp³-hybridized carbons (Fsp3) is 0. The number of benzene rings is 9. The highest BCUT2D eigenvalue weighted by molar-refractivity contribution is 6.23. The van der Waals surface area contributed by atoms with Crippen molar-refractivity contribution in [3.8, 4) is 39.9 Å². The van der Waals surface area contributed by atoms with Crippen molar-refractivity contribution in [2.45, 2.75) is 0 Å². The minimum Gasteiger partial charge on any atom is -0.455 e. The first-order valence-corrected chi connectivity index (χ1v) is 18.9. The van der Waals surface area contributed by atoms with Crippen molar-refractivity contribution < 1.29 is 4.42 Å². The van der Waals surface area contributed by atoms with Gasteiger partial charge in [0.15, 0.2) is 17.5 Å². The van der Waals surface area contributed by atoms with Crippen LogP contribution in [0.3, 0.4) is 0 Å². The molecule has 0 spiro atoms. The van der Waals surface area contributed by atoms with Gasteiger partial charge in [0.2, 0.25) is 0 Å². The monoisotopic (exact) mass is 714 g/mol. The molecule has 0 saturated carbocycles. The fourth-order valence-corrected chi connectivity index (χ4v) is 8.58. The van der Waals surface area contributed by atoms with Gasteiger partial charge in [-0.15, -0.1) is 0 Å². The fourth-order valence-electron chi connectivity index (χ4n) is 8.58. The molecular weight excluding hydrogens is 685 g/mol. The third-order valence-electron chi connectivity index (χ3n) is 11.2. The molecule has 12 rings (SSSR count). The Bertz CT molecular complexity index is 3540. The standard InChI is InChI=1S/C51H30N4O/c1-2-14-33(15-3-1)49-52-50(35-23-22-31-12-4-5-16-34(31)28-35)54-51(53-49)36-24-26-38-41(29-36)48-42(39-18-9-11-21-46(39)56-48)30-45(38)55-43-20-10-8-19-40(43)47-37-17-7-6-13-32(37)25-27-44(47)55/h1-30H. The van der Waals surface area contributed by atoms with E-state index in [1.807, 2.05) is 42.5 Å². The molecule has 3 heterocycles. The molecule has 12 aromatic rings. The van der Waals surface area contributed by atoms with Crippen LogP contribution in [-0.2, 0) is 0 Å². The lowest BCUT2D eigenvalue weighted by Gasteiger charge is -2.14. The van der Waals surface area contributed by atoms with E-state index >= 15 is 0 Å². The van der Waals surface area contributed by atoms with Crippen LogP contribution in [0, 0.1) is 0 Å². The van der Waals surface area contributed by atoms with Crippen LogP contribution in [0.25, 0.3) is 116 Å². The lowest BCUT2D eigenvalue weighted by molar-refractivity contribution is 0.672. The molecule has 0 unspecified atom stereocenters. The average molecular weight is 715 g/mol. The normalized spacial score (nSPS) is 11.9. The number of nitrogens with zero attached hydrogens (tertiary/aromatic N) is 4. The molecule has 5 nitrogen and oxygen atoms in total. The van der Waals surface area contributed by atoms with E-state index in [1.165, 1.54) is 26.9 Å². The van der Waals surface area contributed by atoms with E-state index in [-0.39, 0.29) is 0 Å². The number of rotatable bonds is 4. The molecule has 0 aliphatic heterocycles. The van der Waals surface area contributed by atoms with Crippen LogP contribution in [-0.4, -0.2) is 19.5 Å². The van der Waals surface area contributed by atoms with Gasteiger partial charge >= 0.3 is 0 Å². The Morgan fingerprint density at radius 3 is 1.80 bits per heavy atom. The SMILES string of the molecule is c1ccc(-c2nc(-c3ccc4ccccc4c3)nc(-c3ccc4c(-n5c6ccccc6c6c7ccccc7ccc65)cc5c6ccccc6oc5c4c3)n2)cc1. The van der Waals surface area contributed by atoms with E-state index < -0.39 is 0 Å². The molecule has 0 saturated heterocycles. The number of furan rings is 1. The Labute approximate surface area is 320 Å². The maximum atomic E-state index is 6.73. The van der Waals surface area contributed by atoms with Crippen LogP contribution in [0.15, 0.2) is 186 Å². The van der Waals surface area contributed by atoms with Gasteiger partial charge in [-0.1, -0.05) is 146 Å². The van der Waals surface area contributed by atoms with E-state index in [1.54, 1.807) is 0 Å². The molecule has 260 valence electrons. The summed E-state index contributed by atoms with van der Waals surface area (Å²) in [5.74, 6) is 1.85. The van der Waals surface area contributed by atoms with E-state index in [2.05, 4.69) is 144 Å². The first-order chi connectivity index (χ1) is 27.7. The van der Waals surface area contributed by atoms with Gasteiger partial charge in [-0.3, -0.25) is 0 Å². The van der Waals surface area contributed by atoms with Crippen molar-refractivity contribution in [1.29, 1.82) is 0 Å². The van der Waals surface area contributed by atoms with Gasteiger partial charge in [-0.05, 0) is 57.9 Å². The summed E-state index contributed by atoms with van der Waals surface area (Å²) in [6.07, 6.45) is 0. The molecule has 0 aliphatic carbocycles.